The molecular weight excluding hydrogens is 232 g/mol. The Hall–Kier alpha value is -1.24. The van der Waals surface area contributed by atoms with Crippen LogP contribution in [0.3, 0.4) is 0 Å². The molecule has 1 saturated heterocycles. The molecule has 2 heterocycles. The van der Waals surface area contributed by atoms with Gasteiger partial charge in [-0.05, 0) is 13.8 Å². The number of hydrogen-bond acceptors (Lipinski definition) is 6. The molecule has 1 unspecified atom stereocenters. The van der Waals surface area contributed by atoms with Crippen molar-refractivity contribution >= 4 is 5.95 Å². The summed E-state index contributed by atoms with van der Waals surface area (Å²) in [6, 6.07) is 0. The van der Waals surface area contributed by atoms with Crippen molar-refractivity contribution in [1.29, 1.82) is 0 Å². The van der Waals surface area contributed by atoms with E-state index in [0.717, 1.165) is 5.56 Å². The van der Waals surface area contributed by atoms with Gasteiger partial charge in [-0.25, -0.2) is 9.97 Å². The molecule has 0 bridgehead atoms. The Morgan fingerprint density at radius 3 is 2.72 bits per heavy atom. The summed E-state index contributed by atoms with van der Waals surface area (Å²) in [6.07, 6.45) is 3.27. The van der Waals surface area contributed by atoms with E-state index in [-0.39, 0.29) is 18.3 Å². The minimum Gasteiger partial charge on any atom is -0.394 e. The zero-order valence-corrected chi connectivity index (χ0v) is 10.8. The van der Waals surface area contributed by atoms with E-state index in [1.165, 1.54) is 0 Å². The fourth-order valence-electron chi connectivity index (χ4n) is 2.16. The zero-order chi connectivity index (χ0) is 13.2. The van der Waals surface area contributed by atoms with Crippen LogP contribution in [-0.2, 0) is 11.3 Å². The Morgan fingerprint density at radius 2 is 2.17 bits per heavy atom. The van der Waals surface area contributed by atoms with Gasteiger partial charge in [0.2, 0.25) is 5.95 Å². The first-order valence-corrected chi connectivity index (χ1v) is 6.08. The van der Waals surface area contributed by atoms with Crippen molar-refractivity contribution in [2.75, 3.05) is 24.6 Å². The average molecular weight is 252 g/mol. The van der Waals surface area contributed by atoms with Crippen molar-refractivity contribution in [3.8, 4) is 0 Å². The van der Waals surface area contributed by atoms with Gasteiger partial charge in [0.25, 0.3) is 0 Å². The second-order valence-electron chi connectivity index (χ2n) is 5.16. The van der Waals surface area contributed by atoms with E-state index in [1.54, 1.807) is 12.4 Å². The number of rotatable bonds is 3. The Morgan fingerprint density at radius 1 is 1.50 bits per heavy atom. The quantitative estimate of drug-likeness (QED) is 0.782. The Balaban J connectivity index is 2.15. The summed E-state index contributed by atoms with van der Waals surface area (Å²) in [6.45, 7) is 5.73. The van der Waals surface area contributed by atoms with Gasteiger partial charge in [-0.2, -0.15) is 0 Å². The zero-order valence-electron chi connectivity index (χ0n) is 10.8. The first-order valence-electron chi connectivity index (χ1n) is 6.08. The van der Waals surface area contributed by atoms with E-state index in [0.29, 0.717) is 25.6 Å². The van der Waals surface area contributed by atoms with Crippen molar-refractivity contribution in [3.63, 3.8) is 0 Å². The molecule has 1 aliphatic rings. The maximum absolute atomic E-state index is 9.26. The first kappa shape index (κ1) is 13.2. The number of anilines is 1. The lowest BCUT2D eigenvalue weighted by molar-refractivity contribution is -0.101. The van der Waals surface area contributed by atoms with Gasteiger partial charge in [0.05, 0.1) is 18.3 Å². The molecule has 18 heavy (non-hydrogen) atoms. The molecule has 1 aromatic rings. The van der Waals surface area contributed by atoms with Gasteiger partial charge in [0.15, 0.2) is 0 Å². The van der Waals surface area contributed by atoms with Crippen LogP contribution in [-0.4, -0.2) is 46.5 Å². The topological polar surface area (TPSA) is 84.5 Å². The Bertz CT molecular complexity index is 394. The highest BCUT2D eigenvalue weighted by Crippen LogP contribution is 2.23. The fourth-order valence-corrected chi connectivity index (χ4v) is 2.16. The summed E-state index contributed by atoms with van der Waals surface area (Å²) in [5.41, 5.74) is 6.11. The number of aliphatic hydroxyl groups is 1. The Kier molecular flexibility index (Phi) is 3.79. The number of morpholine rings is 1. The van der Waals surface area contributed by atoms with Gasteiger partial charge < -0.3 is 20.5 Å². The van der Waals surface area contributed by atoms with E-state index in [1.807, 2.05) is 18.7 Å². The highest BCUT2D eigenvalue weighted by molar-refractivity contribution is 5.32. The molecule has 0 saturated carbocycles. The third kappa shape index (κ3) is 2.95. The van der Waals surface area contributed by atoms with Crippen LogP contribution in [0, 0.1) is 0 Å². The van der Waals surface area contributed by atoms with Crippen molar-refractivity contribution in [2.24, 2.45) is 5.73 Å². The maximum Gasteiger partial charge on any atom is 0.225 e. The molecular formula is C12H20N4O2. The van der Waals surface area contributed by atoms with Crippen LogP contribution in [0.1, 0.15) is 19.4 Å². The van der Waals surface area contributed by atoms with Crippen LogP contribution in [0.15, 0.2) is 12.4 Å². The molecule has 0 spiro atoms. The van der Waals surface area contributed by atoms with Crippen LogP contribution in [0.2, 0.25) is 0 Å². The molecule has 1 aliphatic heterocycles. The van der Waals surface area contributed by atoms with Crippen molar-refractivity contribution in [2.45, 2.75) is 32.1 Å². The standard InChI is InChI=1S/C12H20N4O2/c1-12(2)8-16(6-10(7-17)18-12)11-14-4-9(3-13)5-15-11/h4-5,10,17H,3,6-8,13H2,1-2H3. The summed E-state index contributed by atoms with van der Waals surface area (Å²) in [5.74, 6) is 0.655. The predicted molar refractivity (Wildman–Crippen MR) is 68.2 cm³/mol. The molecule has 0 radical (unpaired) electrons. The Labute approximate surface area is 107 Å². The number of aromatic nitrogens is 2. The van der Waals surface area contributed by atoms with E-state index in [9.17, 15) is 5.11 Å². The highest BCUT2D eigenvalue weighted by Gasteiger charge is 2.34. The lowest BCUT2D eigenvalue weighted by Gasteiger charge is -2.42. The molecule has 100 valence electrons. The van der Waals surface area contributed by atoms with Gasteiger partial charge in [-0.15, -0.1) is 0 Å². The smallest absolute Gasteiger partial charge is 0.225 e. The monoisotopic (exact) mass is 252 g/mol. The lowest BCUT2D eigenvalue weighted by Crippen LogP contribution is -2.54. The SMILES string of the molecule is CC1(C)CN(c2ncc(CN)cn2)CC(CO)O1. The number of ether oxygens (including phenoxy) is 1. The van der Waals surface area contributed by atoms with E-state index in [4.69, 9.17) is 10.5 Å². The molecule has 1 fully saturated rings. The first-order chi connectivity index (χ1) is 8.54. The highest BCUT2D eigenvalue weighted by atomic mass is 16.5. The average Bonchev–Trinajstić information content (AvgIpc) is 2.37. The van der Waals surface area contributed by atoms with E-state index < -0.39 is 0 Å². The molecule has 0 aromatic carbocycles. The molecule has 1 aromatic heterocycles. The van der Waals surface area contributed by atoms with Crippen LogP contribution in [0.25, 0.3) is 0 Å². The summed E-state index contributed by atoms with van der Waals surface area (Å²) in [4.78, 5) is 10.6. The number of aliphatic hydroxyl groups excluding tert-OH is 1. The normalized spacial score (nSPS) is 23.1. The largest absolute Gasteiger partial charge is 0.394 e. The van der Waals surface area contributed by atoms with E-state index in [2.05, 4.69) is 9.97 Å². The van der Waals surface area contributed by atoms with Crippen LogP contribution in [0.4, 0.5) is 5.95 Å². The molecule has 0 aliphatic carbocycles. The van der Waals surface area contributed by atoms with Crippen molar-refractivity contribution in [3.05, 3.63) is 18.0 Å². The third-order valence-electron chi connectivity index (χ3n) is 2.90. The van der Waals surface area contributed by atoms with Gasteiger partial charge in [-0.3, -0.25) is 0 Å². The van der Waals surface area contributed by atoms with Gasteiger partial charge in [0, 0.05) is 37.6 Å². The molecule has 6 heteroatoms. The minimum atomic E-state index is -0.318. The van der Waals surface area contributed by atoms with E-state index >= 15 is 0 Å². The third-order valence-corrected chi connectivity index (χ3v) is 2.90. The summed E-state index contributed by atoms with van der Waals surface area (Å²) < 4.78 is 5.75. The summed E-state index contributed by atoms with van der Waals surface area (Å²) in [7, 11) is 0. The molecule has 0 amide bonds. The number of hydrogen-bond donors (Lipinski definition) is 2. The molecule has 2 rings (SSSR count). The van der Waals surface area contributed by atoms with Crippen molar-refractivity contribution in [1.82, 2.24) is 9.97 Å². The fraction of sp³-hybridized carbons (Fsp3) is 0.667. The summed E-state index contributed by atoms with van der Waals surface area (Å²) >= 11 is 0. The number of nitrogens with two attached hydrogens (primary N) is 1. The molecule has 3 N–H and O–H groups in total. The van der Waals surface area contributed by atoms with Crippen molar-refractivity contribution < 1.29 is 9.84 Å². The molecule has 6 nitrogen and oxygen atoms in total. The second-order valence-corrected chi connectivity index (χ2v) is 5.16. The lowest BCUT2D eigenvalue weighted by atomic mass is 10.1. The number of nitrogens with zero attached hydrogens (tertiary/aromatic N) is 3. The second kappa shape index (κ2) is 5.17. The molecule has 1 atom stereocenters. The minimum absolute atomic E-state index is 0.000807. The summed E-state index contributed by atoms with van der Waals surface area (Å²) in [5, 5.41) is 9.26. The van der Waals surface area contributed by atoms with Crippen LogP contribution >= 0.6 is 0 Å². The van der Waals surface area contributed by atoms with Crippen LogP contribution in [0.5, 0.6) is 0 Å². The van der Waals surface area contributed by atoms with Gasteiger partial charge in [-0.1, -0.05) is 0 Å². The predicted octanol–water partition coefficient (Wildman–Crippen LogP) is -0.0886. The maximum atomic E-state index is 9.26. The van der Waals surface area contributed by atoms with Gasteiger partial charge >= 0.3 is 0 Å². The van der Waals surface area contributed by atoms with Crippen LogP contribution < -0.4 is 10.6 Å². The van der Waals surface area contributed by atoms with Gasteiger partial charge in [0.1, 0.15) is 0 Å².